The molecule has 0 aliphatic rings. The number of ether oxygens (including phenoxy) is 2. The van der Waals surface area contributed by atoms with E-state index in [0.29, 0.717) is 6.29 Å². The van der Waals surface area contributed by atoms with Crippen molar-refractivity contribution in [2.45, 2.75) is 13.3 Å². The van der Waals surface area contributed by atoms with Gasteiger partial charge >= 0.3 is 5.97 Å². The molecule has 0 aliphatic carbocycles. The van der Waals surface area contributed by atoms with Gasteiger partial charge < -0.3 is 9.47 Å². The molecule has 5 nitrogen and oxygen atoms in total. The van der Waals surface area contributed by atoms with E-state index in [2.05, 4.69) is 9.72 Å². The summed E-state index contributed by atoms with van der Waals surface area (Å²) in [4.78, 5) is 26.0. The maximum atomic E-state index is 12.0. The van der Waals surface area contributed by atoms with E-state index < -0.39 is 19.0 Å². The van der Waals surface area contributed by atoms with Crippen molar-refractivity contribution >= 4 is 12.3 Å². The Bertz CT molecular complexity index is 437. The topological polar surface area (TPSA) is 65.5 Å². The lowest BCUT2D eigenvalue weighted by molar-refractivity contribution is 0.0502. The molecular weight excluding hydrogens is 248 g/mol. The molecule has 0 N–H and O–H groups in total. The summed E-state index contributed by atoms with van der Waals surface area (Å²) in [5.41, 5.74) is -0.261. The van der Waals surface area contributed by atoms with Gasteiger partial charge in [0.25, 0.3) is 6.43 Å². The van der Waals surface area contributed by atoms with E-state index in [1.165, 1.54) is 12.3 Å². The molecule has 0 amide bonds. The number of hydrogen-bond acceptors (Lipinski definition) is 5. The van der Waals surface area contributed by atoms with Crippen LogP contribution < -0.4 is 4.74 Å². The largest absolute Gasteiger partial charge is 0.471 e. The second-order valence-electron chi connectivity index (χ2n) is 3.12. The fourth-order valence-electron chi connectivity index (χ4n) is 1.21. The number of halogens is 2. The number of rotatable bonds is 6. The predicted octanol–water partition coefficient (Wildman–Crippen LogP) is 1.71. The molecule has 0 bridgehead atoms. The van der Waals surface area contributed by atoms with Crippen LogP contribution in [0.25, 0.3) is 0 Å². The molecule has 1 aromatic heterocycles. The number of pyridine rings is 1. The Balaban J connectivity index is 3.07. The first kappa shape index (κ1) is 14.0. The lowest BCUT2D eigenvalue weighted by atomic mass is 10.1. The van der Waals surface area contributed by atoms with Crippen LogP contribution in [0.15, 0.2) is 12.3 Å². The molecule has 0 fully saturated rings. The zero-order valence-electron chi connectivity index (χ0n) is 9.56. The van der Waals surface area contributed by atoms with Crippen LogP contribution in [0.1, 0.15) is 27.6 Å². The van der Waals surface area contributed by atoms with Gasteiger partial charge in [-0.1, -0.05) is 0 Å². The first-order valence-corrected chi connectivity index (χ1v) is 5.12. The van der Waals surface area contributed by atoms with Crippen molar-refractivity contribution in [3.63, 3.8) is 0 Å². The monoisotopic (exact) mass is 259 g/mol. The zero-order chi connectivity index (χ0) is 13.5. The van der Waals surface area contributed by atoms with Crippen LogP contribution in [0.2, 0.25) is 0 Å². The quantitative estimate of drug-likeness (QED) is 0.574. The molecular formula is C11H11F2NO4. The Kier molecular flexibility index (Phi) is 5.16. The molecule has 18 heavy (non-hydrogen) atoms. The summed E-state index contributed by atoms with van der Waals surface area (Å²) in [6.07, 6.45) is -1.11. The van der Waals surface area contributed by atoms with Gasteiger partial charge in [-0.05, 0) is 13.0 Å². The molecule has 1 rings (SSSR count). The summed E-state index contributed by atoms with van der Waals surface area (Å²) in [6.45, 7) is 0.747. The molecule has 0 aliphatic heterocycles. The summed E-state index contributed by atoms with van der Waals surface area (Å²) in [7, 11) is 0. The third-order valence-electron chi connectivity index (χ3n) is 1.90. The number of carbonyl (C=O) groups is 2. The first-order valence-electron chi connectivity index (χ1n) is 5.12. The Morgan fingerprint density at radius 1 is 1.56 bits per heavy atom. The third-order valence-corrected chi connectivity index (χ3v) is 1.90. The van der Waals surface area contributed by atoms with Gasteiger partial charge in [0.05, 0.1) is 6.61 Å². The van der Waals surface area contributed by atoms with Crippen molar-refractivity contribution in [3.05, 3.63) is 23.4 Å². The van der Waals surface area contributed by atoms with Gasteiger partial charge in [0.1, 0.15) is 5.56 Å². The average Bonchev–Trinajstić information content (AvgIpc) is 2.35. The zero-order valence-corrected chi connectivity index (χ0v) is 9.56. The second-order valence-corrected chi connectivity index (χ2v) is 3.12. The van der Waals surface area contributed by atoms with Crippen molar-refractivity contribution in [1.29, 1.82) is 0 Å². The summed E-state index contributed by atoms with van der Waals surface area (Å²) in [5, 5.41) is 0. The van der Waals surface area contributed by atoms with E-state index in [9.17, 15) is 18.4 Å². The van der Waals surface area contributed by atoms with Gasteiger partial charge in [-0.2, -0.15) is 0 Å². The van der Waals surface area contributed by atoms with Crippen LogP contribution in [-0.2, 0) is 4.74 Å². The lowest BCUT2D eigenvalue weighted by Crippen LogP contribution is -2.15. The van der Waals surface area contributed by atoms with E-state index >= 15 is 0 Å². The standard InChI is InChI=1S/C11H11F2NO4/c1-2-17-11(16)9-7(5-15)3-4-14-10(9)18-6-8(12)13/h3-5,8H,2,6H2,1H3. The maximum Gasteiger partial charge on any atom is 0.344 e. The highest BCUT2D eigenvalue weighted by Crippen LogP contribution is 2.20. The highest BCUT2D eigenvalue weighted by molar-refractivity contribution is 6.00. The lowest BCUT2D eigenvalue weighted by Gasteiger charge is -2.10. The molecule has 98 valence electrons. The fourth-order valence-corrected chi connectivity index (χ4v) is 1.21. The minimum absolute atomic E-state index is 0.0206. The third kappa shape index (κ3) is 3.47. The Labute approximate surface area is 102 Å². The van der Waals surface area contributed by atoms with E-state index in [4.69, 9.17) is 4.74 Å². The number of aromatic nitrogens is 1. The van der Waals surface area contributed by atoms with Crippen molar-refractivity contribution in [3.8, 4) is 5.88 Å². The fraction of sp³-hybridized carbons (Fsp3) is 0.364. The minimum Gasteiger partial charge on any atom is -0.471 e. The number of nitrogens with zero attached hydrogens (tertiary/aromatic N) is 1. The first-order chi connectivity index (χ1) is 8.60. The Morgan fingerprint density at radius 2 is 2.28 bits per heavy atom. The van der Waals surface area contributed by atoms with Gasteiger partial charge in [-0.3, -0.25) is 4.79 Å². The molecule has 0 atom stereocenters. The molecule has 1 aromatic rings. The number of esters is 1. The highest BCUT2D eigenvalue weighted by atomic mass is 19.3. The highest BCUT2D eigenvalue weighted by Gasteiger charge is 2.20. The number of alkyl halides is 2. The smallest absolute Gasteiger partial charge is 0.344 e. The Hall–Kier alpha value is -2.05. The van der Waals surface area contributed by atoms with Gasteiger partial charge in [0.2, 0.25) is 5.88 Å². The average molecular weight is 259 g/mol. The molecule has 1 heterocycles. The maximum absolute atomic E-state index is 12.0. The van der Waals surface area contributed by atoms with Gasteiger partial charge in [-0.25, -0.2) is 18.6 Å². The SMILES string of the molecule is CCOC(=O)c1c(C=O)ccnc1OCC(F)F. The van der Waals surface area contributed by atoms with Crippen molar-refractivity contribution < 1.29 is 27.8 Å². The minimum atomic E-state index is -2.71. The van der Waals surface area contributed by atoms with Crippen molar-refractivity contribution in [1.82, 2.24) is 4.98 Å². The molecule has 0 spiro atoms. The molecule has 7 heteroatoms. The second kappa shape index (κ2) is 6.63. The van der Waals surface area contributed by atoms with Gasteiger partial charge in [0, 0.05) is 11.8 Å². The van der Waals surface area contributed by atoms with Crippen LogP contribution in [-0.4, -0.2) is 36.9 Å². The Morgan fingerprint density at radius 3 is 2.83 bits per heavy atom. The summed E-state index contributed by atoms with van der Waals surface area (Å²) >= 11 is 0. The van der Waals surface area contributed by atoms with Gasteiger partial charge in [-0.15, -0.1) is 0 Å². The molecule has 0 radical (unpaired) electrons. The van der Waals surface area contributed by atoms with Crippen molar-refractivity contribution in [2.24, 2.45) is 0 Å². The van der Waals surface area contributed by atoms with Crippen molar-refractivity contribution in [2.75, 3.05) is 13.2 Å². The van der Waals surface area contributed by atoms with Crippen LogP contribution in [0, 0.1) is 0 Å². The predicted molar refractivity (Wildman–Crippen MR) is 57.1 cm³/mol. The number of aldehydes is 1. The van der Waals surface area contributed by atoms with Crippen LogP contribution in [0.3, 0.4) is 0 Å². The number of carbonyl (C=O) groups excluding carboxylic acids is 2. The molecule has 0 saturated carbocycles. The van der Waals surface area contributed by atoms with E-state index in [0.717, 1.165) is 0 Å². The summed E-state index contributed by atoms with van der Waals surface area (Å²) in [5.74, 6) is -1.17. The number of hydrogen-bond donors (Lipinski definition) is 0. The summed E-state index contributed by atoms with van der Waals surface area (Å²) in [6, 6.07) is 1.27. The molecule has 0 unspecified atom stereocenters. The van der Waals surface area contributed by atoms with Crippen LogP contribution >= 0.6 is 0 Å². The van der Waals surface area contributed by atoms with E-state index in [1.807, 2.05) is 0 Å². The summed E-state index contributed by atoms with van der Waals surface area (Å²) < 4.78 is 33.5. The van der Waals surface area contributed by atoms with Crippen LogP contribution in [0.5, 0.6) is 5.88 Å². The normalized spacial score (nSPS) is 10.2. The molecule has 0 aromatic carbocycles. The molecule has 0 saturated heterocycles. The van der Waals surface area contributed by atoms with Gasteiger partial charge in [0.15, 0.2) is 12.9 Å². The van der Waals surface area contributed by atoms with Crippen LogP contribution in [0.4, 0.5) is 8.78 Å². The van der Waals surface area contributed by atoms with E-state index in [-0.39, 0.29) is 23.6 Å². The van der Waals surface area contributed by atoms with E-state index in [1.54, 1.807) is 6.92 Å².